The normalized spacial score (nSPS) is 22.8. The van der Waals surface area contributed by atoms with E-state index in [9.17, 15) is 20.2 Å². The highest BCUT2D eigenvalue weighted by Crippen LogP contribution is 2.45. The lowest BCUT2D eigenvalue weighted by molar-refractivity contribution is -0.538. The monoisotopic (exact) mass is 237 g/mol. The molecule has 1 aromatic carbocycles. The Hall–Kier alpha value is -2.02. The van der Waals surface area contributed by atoms with Crippen LogP contribution in [0.4, 0.5) is 17.1 Å². The van der Waals surface area contributed by atoms with Crippen molar-refractivity contribution in [1.29, 1.82) is 0 Å². The first kappa shape index (κ1) is 11.5. The molecule has 0 aromatic heterocycles. The van der Waals surface area contributed by atoms with E-state index < -0.39 is 10.6 Å². The molecule has 17 heavy (non-hydrogen) atoms. The quantitative estimate of drug-likeness (QED) is 0.447. The molecule has 0 aliphatic carbocycles. The molecule has 1 aliphatic heterocycles. The molecule has 7 nitrogen and oxygen atoms in total. The van der Waals surface area contributed by atoms with Gasteiger partial charge in [0.05, 0.1) is 9.68 Å². The van der Waals surface area contributed by atoms with Gasteiger partial charge in [-0.2, -0.15) is 0 Å². The highest BCUT2D eigenvalue weighted by atomic mass is 16.6. The highest BCUT2D eigenvalue weighted by molar-refractivity contribution is 5.71. The maximum atomic E-state index is 12.0. The minimum atomic E-state index is -1.22. The first-order valence-corrected chi connectivity index (χ1v) is 5.15. The number of nitro benzene ring substituents is 1. The molecule has 1 unspecified atom stereocenters. The van der Waals surface area contributed by atoms with Crippen LogP contribution in [-0.2, 0) is 0 Å². The summed E-state index contributed by atoms with van der Waals surface area (Å²) in [5, 5.41) is 23.1. The summed E-state index contributed by atoms with van der Waals surface area (Å²) in [6, 6.07) is 3.67. The van der Waals surface area contributed by atoms with Crippen molar-refractivity contribution in [2.75, 3.05) is 5.06 Å². The smallest absolute Gasteiger partial charge is 0.281 e. The number of non-ortho nitro benzene ring substituents is 1. The largest absolute Gasteiger partial charge is 0.753 e. The van der Waals surface area contributed by atoms with E-state index in [0.717, 1.165) is 6.07 Å². The van der Waals surface area contributed by atoms with Gasteiger partial charge < -0.3 is 10.3 Å². The predicted molar refractivity (Wildman–Crippen MR) is 60.9 cm³/mol. The number of nitro groups is 1. The Morgan fingerprint density at radius 3 is 2.71 bits per heavy atom. The number of anilines is 1. The van der Waals surface area contributed by atoms with Crippen LogP contribution in [0.3, 0.4) is 0 Å². The van der Waals surface area contributed by atoms with Gasteiger partial charge in [-0.05, 0) is 0 Å². The SMILES string of the molecule is CCC1(C)N([O-])c2cc([N+](=O)[O-])ccc2[N+]1=O. The molecule has 0 saturated heterocycles. The van der Waals surface area contributed by atoms with Crippen LogP contribution < -0.4 is 5.06 Å². The van der Waals surface area contributed by atoms with E-state index in [1.165, 1.54) is 19.1 Å². The van der Waals surface area contributed by atoms with Crippen molar-refractivity contribution in [1.82, 2.24) is 0 Å². The number of hydroxylamine groups is 1. The Morgan fingerprint density at radius 2 is 2.18 bits per heavy atom. The molecular weight excluding hydrogens is 226 g/mol. The molecule has 0 radical (unpaired) electrons. The first-order valence-electron chi connectivity index (χ1n) is 5.15. The number of nitroso groups, excluding NO2 is 1. The Bertz CT molecular complexity index is 516. The van der Waals surface area contributed by atoms with Crippen LogP contribution in [0.15, 0.2) is 18.2 Å². The van der Waals surface area contributed by atoms with Gasteiger partial charge in [-0.1, -0.05) is 6.92 Å². The number of benzene rings is 1. The first-order chi connectivity index (χ1) is 7.91. The van der Waals surface area contributed by atoms with Gasteiger partial charge in [-0.25, -0.2) is 0 Å². The van der Waals surface area contributed by atoms with Crippen molar-refractivity contribution < 1.29 is 9.68 Å². The summed E-state index contributed by atoms with van der Waals surface area (Å²) in [6.07, 6.45) is 0.322. The topological polar surface area (TPSA) is 89.5 Å². The number of rotatable bonds is 2. The summed E-state index contributed by atoms with van der Waals surface area (Å²) in [7, 11) is 0. The third-order valence-electron chi connectivity index (χ3n) is 3.15. The molecule has 0 N–H and O–H groups in total. The number of nitrogens with zero attached hydrogens (tertiary/aromatic N) is 3. The number of hydrogen-bond acceptors (Lipinski definition) is 5. The lowest BCUT2D eigenvalue weighted by Crippen LogP contribution is -2.44. The fraction of sp³-hybridized carbons (Fsp3) is 0.400. The molecule has 0 saturated carbocycles. The van der Waals surface area contributed by atoms with E-state index in [0.29, 0.717) is 16.2 Å². The average molecular weight is 237 g/mol. The van der Waals surface area contributed by atoms with Crippen molar-refractivity contribution in [3.8, 4) is 0 Å². The van der Waals surface area contributed by atoms with Gasteiger partial charge in [0.25, 0.3) is 17.0 Å². The van der Waals surface area contributed by atoms with E-state index in [2.05, 4.69) is 0 Å². The van der Waals surface area contributed by atoms with Crippen molar-refractivity contribution in [2.45, 2.75) is 25.9 Å². The molecule has 1 atom stereocenters. The molecular formula is C10H11N3O4. The number of hydrogen-bond donors (Lipinski definition) is 0. The highest BCUT2D eigenvalue weighted by Gasteiger charge is 2.51. The zero-order valence-electron chi connectivity index (χ0n) is 9.41. The van der Waals surface area contributed by atoms with Crippen LogP contribution in [0.2, 0.25) is 0 Å². The van der Waals surface area contributed by atoms with Gasteiger partial charge in [-0.3, -0.25) is 10.1 Å². The minimum absolute atomic E-state index is 0.0542. The van der Waals surface area contributed by atoms with Crippen molar-refractivity contribution >= 4 is 17.1 Å². The number of fused-ring (bicyclic) bond motifs is 1. The standard InChI is InChI=1S/C10H11N3O4/c1-3-10(2)11(14)8-5-4-7(13(16)17)6-9(8)12(10)15/h4-6H,3H2,1-2H3. The second-order valence-electron chi connectivity index (χ2n) is 4.09. The molecule has 1 aliphatic rings. The summed E-state index contributed by atoms with van der Waals surface area (Å²) in [5.41, 5.74) is -1.19. The summed E-state index contributed by atoms with van der Waals surface area (Å²) in [4.78, 5) is 22.0. The summed E-state index contributed by atoms with van der Waals surface area (Å²) in [6.45, 7) is 3.23. The zero-order valence-corrected chi connectivity index (χ0v) is 9.41. The maximum Gasteiger partial charge on any atom is 0.281 e. The van der Waals surface area contributed by atoms with Crippen LogP contribution in [-0.4, -0.2) is 15.3 Å². The summed E-state index contributed by atoms with van der Waals surface area (Å²) in [5.74, 6) is 0. The van der Waals surface area contributed by atoms with Crippen LogP contribution in [0.25, 0.3) is 0 Å². The Labute approximate surface area is 97.0 Å². The maximum absolute atomic E-state index is 12.0. The molecule has 90 valence electrons. The van der Waals surface area contributed by atoms with E-state index in [1.807, 2.05) is 0 Å². The summed E-state index contributed by atoms with van der Waals surface area (Å²) < 4.78 is 0.610. The molecule has 0 amide bonds. The molecule has 1 heterocycles. The molecule has 7 heteroatoms. The van der Waals surface area contributed by atoms with Crippen LogP contribution in [0, 0.1) is 20.2 Å². The van der Waals surface area contributed by atoms with Crippen LogP contribution in [0.5, 0.6) is 0 Å². The van der Waals surface area contributed by atoms with E-state index >= 15 is 0 Å². The molecule has 0 spiro atoms. The van der Waals surface area contributed by atoms with Gasteiger partial charge in [0.15, 0.2) is 0 Å². The zero-order chi connectivity index (χ0) is 12.8. The fourth-order valence-corrected chi connectivity index (χ4v) is 1.85. The van der Waals surface area contributed by atoms with Gasteiger partial charge in [0, 0.05) is 36.5 Å². The van der Waals surface area contributed by atoms with E-state index in [1.54, 1.807) is 6.92 Å². The lowest BCUT2D eigenvalue weighted by Gasteiger charge is -2.32. The molecule has 2 rings (SSSR count). The second kappa shape index (κ2) is 3.49. The van der Waals surface area contributed by atoms with Crippen LogP contribution >= 0.6 is 0 Å². The molecule has 0 bridgehead atoms. The molecule has 0 fully saturated rings. The van der Waals surface area contributed by atoms with Crippen molar-refractivity contribution in [3.63, 3.8) is 0 Å². The van der Waals surface area contributed by atoms with Gasteiger partial charge in [-0.15, -0.1) is 0 Å². The van der Waals surface area contributed by atoms with Crippen molar-refractivity contribution in [2.24, 2.45) is 0 Å². The Balaban J connectivity index is 2.58. The van der Waals surface area contributed by atoms with Crippen LogP contribution in [0.1, 0.15) is 20.3 Å². The average Bonchev–Trinajstić information content (AvgIpc) is 2.52. The lowest BCUT2D eigenvalue weighted by atomic mass is 10.1. The van der Waals surface area contributed by atoms with Gasteiger partial charge in [0.1, 0.15) is 5.69 Å². The second-order valence-corrected chi connectivity index (χ2v) is 4.09. The van der Waals surface area contributed by atoms with E-state index in [-0.39, 0.29) is 17.1 Å². The Kier molecular flexibility index (Phi) is 2.35. The molecule has 1 aromatic rings. The van der Waals surface area contributed by atoms with Crippen molar-refractivity contribution in [3.05, 3.63) is 38.4 Å². The minimum Gasteiger partial charge on any atom is -0.753 e. The summed E-state index contributed by atoms with van der Waals surface area (Å²) >= 11 is 0. The van der Waals surface area contributed by atoms with E-state index in [4.69, 9.17) is 0 Å². The third kappa shape index (κ3) is 1.39. The third-order valence-corrected chi connectivity index (χ3v) is 3.15. The Morgan fingerprint density at radius 1 is 1.53 bits per heavy atom. The predicted octanol–water partition coefficient (Wildman–Crippen LogP) is 2.45. The fourth-order valence-electron chi connectivity index (χ4n) is 1.85. The van der Waals surface area contributed by atoms with Gasteiger partial charge >= 0.3 is 0 Å². The van der Waals surface area contributed by atoms with Gasteiger partial charge in [0.2, 0.25) is 0 Å².